The molecule has 2 rings (SSSR count). The van der Waals surface area contributed by atoms with Gasteiger partial charge in [0.2, 0.25) is 0 Å². The third-order valence-electron chi connectivity index (χ3n) is 2.50. The van der Waals surface area contributed by atoms with E-state index in [9.17, 15) is 18.5 Å². The topological polar surface area (TPSA) is 153 Å². The zero-order chi connectivity index (χ0) is 15.6. The second kappa shape index (κ2) is 5.38. The summed E-state index contributed by atoms with van der Waals surface area (Å²) in [7, 11) is -3.97. The summed E-state index contributed by atoms with van der Waals surface area (Å²) in [6.45, 7) is 1.60. The van der Waals surface area contributed by atoms with Crippen LogP contribution < -0.4 is 16.0 Å². The van der Waals surface area contributed by atoms with Crippen LogP contribution in [0.4, 0.5) is 17.2 Å². The number of sulfonamides is 1. The summed E-state index contributed by atoms with van der Waals surface area (Å²) < 4.78 is 31.2. The molecular formula is C10H11N5O5S. The lowest BCUT2D eigenvalue weighted by atomic mass is 10.3. The molecule has 0 atom stereocenters. The number of nitro benzene ring substituents is 1. The van der Waals surface area contributed by atoms with Gasteiger partial charge in [0.1, 0.15) is 11.4 Å². The van der Waals surface area contributed by atoms with Crippen LogP contribution in [0.3, 0.4) is 0 Å². The van der Waals surface area contributed by atoms with Crippen molar-refractivity contribution in [1.29, 1.82) is 0 Å². The van der Waals surface area contributed by atoms with Gasteiger partial charge in [-0.3, -0.25) is 20.7 Å². The minimum absolute atomic E-state index is 0.00751. The molecule has 2 aromatic rings. The lowest BCUT2D eigenvalue weighted by Crippen LogP contribution is -2.15. The summed E-state index contributed by atoms with van der Waals surface area (Å²) in [5.41, 5.74) is 1.62. The van der Waals surface area contributed by atoms with Gasteiger partial charge in [-0.2, -0.15) is 0 Å². The molecule has 0 amide bonds. The largest absolute Gasteiger partial charge is 0.360 e. The second-order valence-electron chi connectivity index (χ2n) is 4.01. The molecule has 0 saturated heterocycles. The molecule has 0 saturated carbocycles. The fourth-order valence-electron chi connectivity index (χ4n) is 1.57. The normalized spacial score (nSPS) is 11.1. The number of hydrogen-bond acceptors (Lipinski definition) is 8. The first kappa shape index (κ1) is 14.7. The second-order valence-corrected chi connectivity index (χ2v) is 5.69. The Kier molecular flexibility index (Phi) is 3.78. The van der Waals surface area contributed by atoms with Gasteiger partial charge in [0.15, 0.2) is 5.82 Å². The number of nitrogens with one attached hydrogen (secondary N) is 2. The fourth-order valence-corrected chi connectivity index (χ4v) is 2.58. The average Bonchev–Trinajstić information content (AvgIpc) is 2.82. The van der Waals surface area contributed by atoms with Gasteiger partial charge >= 0.3 is 0 Å². The Labute approximate surface area is 119 Å². The summed E-state index contributed by atoms with van der Waals surface area (Å²) in [5, 5.41) is 14.3. The Morgan fingerprint density at radius 2 is 2.10 bits per heavy atom. The molecule has 0 aliphatic heterocycles. The predicted molar refractivity (Wildman–Crippen MR) is 73.0 cm³/mol. The number of hydrazine groups is 1. The van der Waals surface area contributed by atoms with E-state index in [4.69, 9.17) is 10.4 Å². The molecule has 0 fully saturated rings. The number of hydrogen-bond donors (Lipinski definition) is 3. The van der Waals surface area contributed by atoms with Crippen molar-refractivity contribution in [2.24, 2.45) is 5.84 Å². The minimum atomic E-state index is -3.97. The molecule has 21 heavy (non-hydrogen) atoms. The van der Waals surface area contributed by atoms with Gasteiger partial charge in [0.05, 0.1) is 9.82 Å². The van der Waals surface area contributed by atoms with Crippen LogP contribution in [0.5, 0.6) is 0 Å². The third-order valence-corrected chi connectivity index (χ3v) is 3.85. The Hall–Kier alpha value is -2.66. The highest BCUT2D eigenvalue weighted by Gasteiger charge is 2.21. The monoisotopic (exact) mass is 313 g/mol. The lowest BCUT2D eigenvalue weighted by Gasteiger charge is -2.07. The van der Waals surface area contributed by atoms with Gasteiger partial charge in [0.25, 0.3) is 15.7 Å². The van der Waals surface area contributed by atoms with E-state index in [1.807, 2.05) is 0 Å². The van der Waals surface area contributed by atoms with E-state index in [0.29, 0.717) is 5.76 Å². The maximum absolute atomic E-state index is 12.1. The SMILES string of the molecule is Cc1cc(NS(=O)(=O)c2ccc([N+](=O)[O-])c(NN)c2)no1. The summed E-state index contributed by atoms with van der Waals surface area (Å²) in [6, 6.07) is 4.57. The molecule has 10 nitrogen and oxygen atoms in total. The van der Waals surface area contributed by atoms with Crippen molar-refractivity contribution in [2.45, 2.75) is 11.8 Å². The molecule has 0 radical (unpaired) electrons. The number of rotatable bonds is 5. The highest BCUT2D eigenvalue weighted by atomic mass is 32.2. The number of nitro groups is 1. The number of benzene rings is 1. The first-order valence-corrected chi connectivity index (χ1v) is 7.03. The molecule has 1 heterocycles. The van der Waals surface area contributed by atoms with E-state index in [1.54, 1.807) is 6.92 Å². The molecule has 1 aromatic heterocycles. The van der Waals surface area contributed by atoms with Crippen LogP contribution in [0.25, 0.3) is 0 Å². The van der Waals surface area contributed by atoms with Gasteiger partial charge in [0, 0.05) is 12.1 Å². The Morgan fingerprint density at radius 3 is 2.62 bits per heavy atom. The third kappa shape index (κ3) is 3.09. The summed E-state index contributed by atoms with van der Waals surface area (Å²) in [4.78, 5) is 9.87. The van der Waals surface area contributed by atoms with Crippen molar-refractivity contribution >= 4 is 27.2 Å². The highest BCUT2D eigenvalue weighted by Crippen LogP contribution is 2.27. The molecule has 0 bridgehead atoms. The Morgan fingerprint density at radius 1 is 1.38 bits per heavy atom. The van der Waals surface area contributed by atoms with Crippen molar-refractivity contribution in [2.75, 3.05) is 10.1 Å². The lowest BCUT2D eigenvalue weighted by molar-refractivity contribution is -0.384. The number of nitrogens with zero attached hydrogens (tertiary/aromatic N) is 2. The van der Waals surface area contributed by atoms with Crippen LogP contribution in [-0.2, 0) is 10.0 Å². The van der Waals surface area contributed by atoms with Gasteiger partial charge in [-0.05, 0) is 19.1 Å². The molecule has 4 N–H and O–H groups in total. The van der Waals surface area contributed by atoms with Crippen LogP contribution in [0.2, 0.25) is 0 Å². The highest BCUT2D eigenvalue weighted by molar-refractivity contribution is 7.92. The first-order chi connectivity index (χ1) is 9.83. The maximum atomic E-state index is 12.1. The van der Waals surface area contributed by atoms with Gasteiger partial charge < -0.3 is 9.95 Å². The van der Waals surface area contributed by atoms with Crippen LogP contribution in [0.1, 0.15) is 5.76 Å². The van der Waals surface area contributed by atoms with Gasteiger partial charge in [-0.15, -0.1) is 0 Å². The van der Waals surface area contributed by atoms with Crippen molar-refractivity contribution in [1.82, 2.24) is 5.16 Å². The van der Waals surface area contributed by atoms with E-state index in [2.05, 4.69) is 15.3 Å². The van der Waals surface area contributed by atoms with E-state index in [0.717, 1.165) is 18.2 Å². The Balaban J connectivity index is 2.38. The molecule has 112 valence electrons. The number of aryl methyl sites for hydroxylation is 1. The summed E-state index contributed by atoms with van der Waals surface area (Å²) in [5.74, 6) is 5.60. The molecule has 0 unspecified atom stereocenters. The zero-order valence-electron chi connectivity index (χ0n) is 10.7. The summed E-state index contributed by atoms with van der Waals surface area (Å²) in [6.07, 6.45) is 0. The summed E-state index contributed by atoms with van der Waals surface area (Å²) >= 11 is 0. The molecule has 0 spiro atoms. The Bertz CT molecular complexity index is 785. The quantitative estimate of drug-likeness (QED) is 0.419. The van der Waals surface area contributed by atoms with E-state index < -0.39 is 14.9 Å². The van der Waals surface area contributed by atoms with E-state index in [1.165, 1.54) is 6.07 Å². The van der Waals surface area contributed by atoms with Crippen LogP contribution >= 0.6 is 0 Å². The number of aromatic nitrogens is 1. The standard InChI is InChI=1S/C10H11N5O5S/c1-6-4-10(13-20-6)14-21(18,19)7-2-3-9(15(16)17)8(5-7)12-11/h2-5,12H,11H2,1H3,(H,13,14). The minimum Gasteiger partial charge on any atom is -0.360 e. The van der Waals surface area contributed by atoms with Crippen molar-refractivity contribution < 1.29 is 17.9 Å². The molecule has 0 aliphatic carbocycles. The number of nitrogens with two attached hydrogens (primary N) is 1. The van der Waals surface area contributed by atoms with Crippen molar-refractivity contribution in [3.63, 3.8) is 0 Å². The van der Waals surface area contributed by atoms with Crippen LogP contribution in [0, 0.1) is 17.0 Å². The fraction of sp³-hybridized carbons (Fsp3) is 0.100. The number of anilines is 2. The predicted octanol–water partition coefficient (Wildman–Crippen LogP) is 0.978. The maximum Gasteiger partial charge on any atom is 0.293 e. The van der Waals surface area contributed by atoms with Gasteiger partial charge in [-0.1, -0.05) is 5.16 Å². The molecule has 1 aromatic carbocycles. The van der Waals surface area contributed by atoms with Crippen molar-refractivity contribution in [3.05, 3.63) is 40.1 Å². The first-order valence-electron chi connectivity index (χ1n) is 5.54. The zero-order valence-corrected chi connectivity index (χ0v) is 11.5. The van der Waals surface area contributed by atoms with Gasteiger partial charge in [-0.25, -0.2) is 8.42 Å². The molecular weight excluding hydrogens is 302 g/mol. The number of nitrogen functional groups attached to an aromatic ring is 1. The van der Waals surface area contributed by atoms with Crippen LogP contribution in [-0.4, -0.2) is 18.5 Å². The smallest absolute Gasteiger partial charge is 0.293 e. The average molecular weight is 313 g/mol. The van der Waals surface area contributed by atoms with E-state index in [-0.39, 0.29) is 22.1 Å². The van der Waals surface area contributed by atoms with Crippen molar-refractivity contribution in [3.8, 4) is 0 Å². The molecule has 11 heteroatoms. The van der Waals surface area contributed by atoms with Crippen LogP contribution in [0.15, 0.2) is 33.7 Å². The molecule has 0 aliphatic rings. The van der Waals surface area contributed by atoms with E-state index >= 15 is 0 Å².